The van der Waals surface area contributed by atoms with E-state index < -0.39 is 0 Å². The number of nitrogens with two attached hydrogens (primary N) is 1. The number of fused-ring (bicyclic) bond motifs is 2. The Morgan fingerprint density at radius 3 is 2.74 bits per heavy atom. The number of ether oxygens (including phenoxy) is 1. The van der Waals surface area contributed by atoms with Gasteiger partial charge in [0, 0.05) is 50.7 Å². The number of nitrogens with zero attached hydrogens (tertiary/aromatic N) is 3. The molecule has 6 rings (SSSR count). The Hall–Kier alpha value is -4.07. The Kier molecular flexibility index (Phi) is 5.70. The highest BCUT2D eigenvalue weighted by atomic mass is 32.1. The third kappa shape index (κ3) is 4.39. The zero-order valence-electron chi connectivity index (χ0n) is 18.9. The van der Waals surface area contributed by atoms with Crippen LogP contribution in [0.2, 0.25) is 0 Å². The number of hydrogen-bond acceptors (Lipinski definition) is 6. The van der Waals surface area contributed by atoms with Crippen LogP contribution in [0, 0.1) is 0 Å². The van der Waals surface area contributed by atoms with Crippen molar-refractivity contribution < 1.29 is 4.74 Å². The topological polar surface area (TPSA) is 89.7 Å². The Balaban J connectivity index is 1.27. The summed E-state index contributed by atoms with van der Waals surface area (Å²) in [7, 11) is 0. The molecule has 0 radical (unpaired) electrons. The van der Waals surface area contributed by atoms with Crippen molar-refractivity contribution >= 4 is 32.3 Å². The molecule has 35 heavy (non-hydrogen) atoms. The van der Waals surface area contributed by atoms with Crippen molar-refractivity contribution in [3.63, 3.8) is 0 Å². The van der Waals surface area contributed by atoms with Crippen molar-refractivity contribution in [2.75, 3.05) is 6.61 Å². The first kappa shape index (κ1) is 21.5. The van der Waals surface area contributed by atoms with Crippen LogP contribution >= 0.6 is 11.3 Å². The number of H-pyrrole nitrogens is 1. The lowest BCUT2D eigenvalue weighted by Gasteiger charge is -2.14. The van der Waals surface area contributed by atoms with Gasteiger partial charge in [0.1, 0.15) is 18.1 Å². The van der Waals surface area contributed by atoms with Gasteiger partial charge in [0.05, 0.1) is 18.1 Å². The molecule has 0 aliphatic carbocycles. The van der Waals surface area contributed by atoms with Gasteiger partial charge in [-0.1, -0.05) is 36.4 Å². The highest BCUT2D eigenvalue weighted by molar-refractivity contribution is 7.22. The number of aromatic nitrogens is 4. The van der Waals surface area contributed by atoms with Gasteiger partial charge in [0.25, 0.3) is 0 Å². The molecule has 0 amide bonds. The van der Waals surface area contributed by atoms with Crippen LogP contribution in [0.1, 0.15) is 5.56 Å². The summed E-state index contributed by atoms with van der Waals surface area (Å²) in [4.78, 5) is 17.8. The number of pyridine rings is 1. The van der Waals surface area contributed by atoms with E-state index in [1.54, 1.807) is 36.1 Å². The minimum absolute atomic E-state index is 0.151. The molecule has 0 spiro atoms. The summed E-state index contributed by atoms with van der Waals surface area (Å²) in [5.41, 5.74) is 11.2. The first-order valence-corrected chi connectivity index (χ1v) is 12.2. The van der Waals surface area contributed by atoms with Gasteiger partial charge in [-0.25, -0.2) is 4.98 Å². The number of hydrogen-bond donors (Lipinski definition) is 2. The van der Waals surface area contributed by atoms with E-state index in [9.17, 15) is 0 Å². The van der Waals surface area contributed by atoms with Crippen LogP contribution in [0.4, 0.5) is 0 Å². The standard InChI is InChI=1S/C28H23N5OS/c29-20(11-19-14-32-24-7-3-2-6-22(19)24)17-34-21-13-23(27-12-18-5-1-4-8-26(18)35-27)28(33-15-21)25-16-30-9-10-31-25/h1-10,12-16,20,32H,11,17,29H2/t20-/m0/s1. The van der Waals surface area contributed by atoms with Gasteiger partial charge in [-0.05, 0) is 41.6 Å². The van der Waals surface area contributed by atoms with E-state index in [0.717, 1.165) is 33.8 Å². The van der Waals surface area contributed by atoms with Crippen LogP contribution in [0.15, 0.2) is 91.6 Å². The van der Waals surface area contributed by atoms with Crippen molar-refractivity contribution in [3.8, 4) is 27.6 Å². The van der Waals surface area contributed by atoms with Crippen molar-refractivity contribution in [1.82, 2.24) is 19.9 Å². The molecule has 0 aliphatic rings. The molecule has 6 aromatic rings. The molecule has 0 saturated heterocycles. The normalized spacial score (nSPS) is 12.3. The van der Waals surface area contributed by atoms with E-state index in [2.05, 4.69) is 57.4 Å². The number of aromatic amines is 1. The Bertz CT molecular complexity index is 1580. The second-order valence-electron chi connectivity index (χ2n) is 8.44. The molecular weight excluding hydrogens is 454 g/mol. The van der Waals surface area contributed by atoms with Crippen molar-refractivity contribution in [2.24, 2.45) is 5.73 Å². The number of benzene rings is 2. The average Bonchev–Trinajstić information content (AvgIpc) is 3.52. The minimum atomic E-state index is -0.151. The second-order valence-corrected chi connectivity index (χ2v) is 9.52. The quantitative estimate of drug-likeness (QED) is 0.301. The van der Waals surface area contributed by atoms with Gasteiger partial charge in [0.15, 0.2) is 0 Å². The van der Waals surface area contributed by atoms with E-state index >= 15 is 0 Å². The molecule has 2 aromatic carbocycles. The van der Waals surface area contributed by atoms with Gasteiger partial charge in [-0.3, -0.25) is 9.97 Å². The largest absolute Gasteiger partial charge is 0.490 e. The summed E-state index contributed by atoms with van der Waals surface area (Å²) in [6.07, 6.45) is 9.56. The predicted octanol–water partition coefficient (Wildman–Crippen LogP) is 5.85. The van der Waals surface area contributed by atoms with E-state index in [1.165, 1.54) is 21.0 Å². The molecule has 3 N–H and O–H groups in total. The lowest BCUT2D eigenvalue weighted by molar-refractivity contribution is 0.287. The molecule has 172 valence electrons. The van der Waals surface area contributed by atoms with Crippen LogP contribution in [0.5, 0.6) is 5.75 Å². The molecule has 0 unspecified atom stereocenters. The lowest BCUT2D eigenvalue weighted by Crippen LogP contribution is -2.30. The minimum Gasteiger partial charge on any atom is -0.490 e. The number of rotatable bonds is 7. The molecule has 0 bridgehead atoms. The molecule has 1 atom stereocenters. The molecule has 4 aromatic heterocycles. The molecular formula is C28H23N5OS. The predicted molar refractivity (Wildman–Crippen MR) is 142 cm³/mol. The third-order valence-corrected chi connectivity index (χ3v) is 7.13. The Morgan fingerprint density at radius 1 is 0.971 bits per heavy atom. The molecule has 0 aliphatic heterocycles. The van der Waals surface area contributed by atoms with Crippen LogP contribution in [0.3, 0.4) is 0 Å². The van der Waals surface area contributed by atoms with Gasteiger partial charge in [0.2, 0.25) is 0 Å². The second kappa shape index (κ2) is 9.29. The smallest absolute Gasteiger partial charge is 0.138 e. The van der Waals surface area contributed by atoms with E-state index in [-0.39, 0.29) is 6.04 Å². The number of thiophene rings is 1. The molecule has 7 heteroatoms. The summed E-state index contributed by atoms with van der Waals surface area (Å²) >= 11 is 1.72. The van der Waals surface area contributed by atoms with E-state index in [4.69, 9.17) is 15.5 Å². The van der Waals surface area contributed by atoms with Crippen LogP contribution < -0.4 is 10.5 Å². The molecule has 6 nitrogen and oxygen atoms in total. The maximum atomic E-state index is 6.45. The Morgan fingerprint density at radius 2 is 1.86 bits per heavy atom. The maximum Gasteiger partial charge on any atom is 0.138 e. The maximum absolute atomic E-state index is 6.45. The number of nitrogens with one attached hydrogen (secondary N) is 1. The first-order valence-electron chi connectivity index (χ1n) is 11.4. The van der Waals surface area contributed by atoms with Crippen molar-refractivity contribution in [3.05, 3.63) is 97.2 Å². The van der Waals surface area contributed by atoms with Crippen LogP contribution in [-0.4, -0.2) is 32.6 Å². The monoisotopic (exact) mass is 477 g/mol. The fourth-order valence-electron chi connectivity index (χ4n) is 4.30. The zero-order chi connectivity index (χ0) is 23.6. The third-order valence-electron chi connectivity index (χ3n) is 5.98. The van der Waals surface area contributed by atoms with E-state index in [1.807, 2.05) is 24.4 Å². The van der Waals surface area contributed by atoms with Crippen LogP contribution in [-0.2, 0) is 6.42 Å². The molecule has 0 saturated carbocycles. The summed E-state index contributed by atoms with van der Waals surface area (Å²) in [6, 6.07) is 20.7. The van der Waals surface area contributed by atoms with Gasteiger partial charge < -0.3 is 15.5 Å². The number of para-hydroxylation sites is 1. The Labute approximate surface area is 206 Å². The van der Waals surface area contributed by atoms with Gasteiger partial charge >= 0.3 is 0 Å². The van der Waals surface area contributed by atoms with Crippen molar-refractivity contribution in [2.45, 2.75) is 12.5 Å². The summed E-state index contributed by atoms with van der Waals surface area (Å²) in [5.74, 6) is 0.680. The summed E-state index contributed by atoms with van der Waals surface area (Å²) in [6.45, 7) is 0.386. The lowest BCUT2D eigenvalue weighted by atomic mass is 10.1. The van der Waals surface area contributed by atoms with Crippen LogP contribution in [0.25, 0.3) is 42.8 Å². The summed E-state index contributed by atoms with van der Waals surface area (Å²) < 4.78 is 7.35. The highest BCUT2D eigenvalue weighted by Gasteiger charge is 2.16. The summed E-state index contributed by atoms with van der Waals surface area (Å²) in [5, 5.41) is 2.40. The molecule has 0 fully saturated rings. The van der Waals surface area contributed by atoms with E-state index in [0.29, 0.717) is 12.4 Å². The van der Waals surface area contributed by atoms with Gasteiger partial charge in [-0.15, -0.1) is 11.3 Å². The van der Waals surface area contributed by atoms with Crippen molar-refractivity contribution in [1.29, 1.82) is 0 Å². The zero-order valence-corrected chi connectivity index (χ0v) is 19.7. The fourth-order valence-corrected chi connectivity index (χ4v) is 5.38. The highest BCUT2D eigenvalue weighted by Crippen LogP contribution is 2.39. The van der Waals surface area contributed by atoms with Gasteiger partial charge in [-0.2, -0.15) is 0 Å². The SMILES string of the molecule is N[C@H](COc1cnc(-c2cnccn2)c(-c2cc3ccccc3s2)c1)Cc1c[nH]c2ccccc12. The fraction of sp³-hybridized carbons (Fsp3) is 0.107. The first-order chi connectivity index (χ1) is 17.2. The average molecular weight is 478 g/mol. The molecule has 4 heterocycles.